The van der Waals surface area contributed by atoms with Crippen LogP contribution >= 0.6 is 23.2 Å². The highest BCUT2D eigenvalue weighted by atomic mass is 35.5. The van der Waals surface area contributed by atoms with Gasteiger partial charge in [-0.1, -0.05) is 29.3 Å². The first-order chi connectivity index (χ1) is 10.8. The van der Waals surface area contributed by atoms with Gasteiger partial charge in [0.05, 0.1) is 11.6 Å². The molecule has 2 nitrogen and oxygen atoms in total. The van der Waals surface area contributed by atoms with E-state index in [4.69, 9.17) is 23.2 Å². The first kappa shape index (κ1) is 17.1. The molecular weight excluding hydrogens is 348 g/mol. The number of allylic oxidation sites excluding steroid dienone is 1. The summed E-state index contributed by atoms with van der Waals surface area (Å²) in [6.45, 7) is -0.837. The third-order valence-electron chi connectivity index (χ3n) is 4.99. The van der Waals surface area contributed by atoms with Gasteiger partial charge in [-0.15, -0.1) is 0 Å². The Morgan fingerprint density at radius 1 is 1.26 bits per heavy atom. The van der Waals surface area contributed by atoms with Crippen LogP contribution in [0.1, 0.15) is 31.2 Å². The average Bonchev–Trinajstić information content (AvgIpc) is 2.70. The van der Waals surface area contributed by atoms with E-state index < -0.39 is 18.1 Å². The zero-order chi connectivity index (χ0) is 16.7. The summed E-state index contributed by atoms with van der Waals surface area (Å²) in [5.41, 5.74) is 1.98. The van der Waals surface area contributed by atoms with Gasteiger partial charge in [-0.2, -0.15) is 13.2 Å². The molecule has 2 aliphatic heterocycles. The standard InChI is InChI=1S/C16H17Cl2F3N2/c17-4-3-15(11-5-12(18)9-22-8-11)6-13-1-2-14(7-15)23(13)10-16(19,20)21/h3-5,8-9,13-14H,1-2,6-7,10H2/b4-3-. The quantitative estimate of drug-likeness (QED) is 0.756. The molecule has 1 aromatic heterocycles. The lowest BCUT2D eigenvalue weighted by atomic mass is 9.70. The Labute approximate surface area is 143 Å². The van der Waals surface area contributed by atoms with E-state index in [1.165, 1.54) is 5.54 Å². The van der Waals surface area contributed by atoms with Gasteiger partial charge in [-0.05, 0) is 37.3 Å². The zero-order valence-electron chi connectivity index (χ0n) is 12.4. The molecule has 3 heterocycles. The van der Waals surface area contributed by atoms with Gasteiger partial charge >= 0.3 is 6.18 Å². The van der Waals surface area contributed by atoms with Crippen LogP contribution in [-0.4, -0.2) is 34.7 Å². The van der Waals surface area contributed by atoms with Crippen LogP contribution in [0.25, 0.3) is 0 Å². The predicted molar refractivity (Wildman–Crippen MR) is 84.7 cm³/mol. The molecule has 0 radical (unpaired) electrons. The summed E-state index contributed by atoms with van der Waals surface area (Å²) in [5.74, 6) is 0. The van der Waals surface area contributed by atoms with Crippen LogP contribution in [0.3, 0.4) is 0 Å². The van der Waals surface area contributed by atoms with Crippen molar-refractivity contribution in [2.45, 2.75) is 49.4 Å². The first-order valence-corrected chi connectivity index (χ1v) is 8.36. The van der Waals surface area contributed by atoms with E-state index >= 15 is 0 Å². The monoisotopic (exact) mass is 364 g/mol. The van der Waals surface area contributed by atoms with Crippen molar-refractivity contribution < 1.29 is 13.2 Å². The molecular formula is C16H17Cl2F3N2. The molecule has 2 unspecified atom stereocenters. The number of fused-ring (bicyclic) bond motifs is 2. The zero-order valence-corrected chi connectivity index (χ0v) is 13.9. The second kappa shape index (κ2) is 6.26. The SMILES string of the molecule is FC(F)(F)CN1C2CCC1CC(/C=C\Cl)(c1cncc(Cl)c1)C2. The summed E-state index contributed by atoms with van der Waals surface area (Å²) in [6, 6.07) is 1.65. The molecule has 0 saturated carbocycles. The van der Waals surface area contributed by atoms with Gasteiger partial charge in [0.25, 0.3) is 0 Å². The van der Waals surface area contributed by atoms with Crippen molar-refractivity contribution in [3.05, 3.63) is 40.7 Å². The summed E-state index contributed by atoms with van der Waals surface area (Å²) < 4.78 is 38.5. The van der Waals surface area contributed by atoms with E-state index in [1.54, 1.807) is 17.3 Å². The van der Waals surface area contributed by atoms with E-state index in [0.29, 0.717) is 17.9 Å². The Hall–Kier alpha value is -0.780. The van der Waals surface area contributed by atoms with Crippen molar-refractivity contribution in [2.24, 2.45) is 0 Å². The number of halogens is 5. The summed E-state index contributed by atoms with van der Waals surface area (Å²) in [5, 5.41) is 0.523. The molecule has 126 valence electrons. The summed E-state index contributed by atoms with van der Waals surface area (Å²) >= 11 is 11.9. The fourth-order valence-electron chi connectivity index (χ4n) is 4.12. The van der Waals surface area contributed by atoms with Gasteiger partial charge in [-0.3, -0.25) is 9.88 Å². The molecule has 2 bridgehead atoms. The maximum absolute atomic E-state index is 12.8. The lowest BCUT2D eigenvalue weighted by Crippen LogP contribution is -2.51. The van der Waals surface area contributed by atoms with Gasteiger partial charge in [0.2, 0.25) is 0 Å². The normalized spacial score (nSPS) is 31.9. The van der Waals surface area contributed by atoms with Crippen molar-refractivity contribution >= 4 is 23.2 Å². The molecule has 2 fully saturated rings. The van der Waals surface area contributed by atoms with Crippen LogP contribution in [0.4, 0.5) is 13.2 Å². The van der Waals surface area contributed by atoms with Crippen LogP contribution in [-0.2, 0) is 5.41 Å². The molecule has 0 aliphatic carbocycles. The van der Waals surface area contributed by atoms with Crippen molar-refractivity contribution in [2.75, 3.05) is 6.54 Å². The summed E-state index contributed by atoms with van der Waals surface area (Å²) in [7, 11) is 0. The molecule has 0 spiro atoms. The van der Waals surface area contributed by atoms with Crippen molar-refractivity contribution in [3.8, 4) is 0 Å². The molecule has 0 amide bonds. The van der Waals surface area contributed by atoms with Crippen LogP contribution < -0.4 is 0 Å². The number of aromatic nitrogens is 1. The van der Waals surface area contributed by atoms with Gasteiger partial charge in [-0.25, -0.2) is 0 Å². The Balaban J connectivity index is 1.91. The van der Waals surface area contributed by atoms with Crippen LogP contribution in [0.2, 0.25) is 5.02 Å². The average molecular weight is 365 g/mol. The molecule has 23 heavy (non-hydrogen) atoms. The number of rotatable bonds is 3. The fraction of sp³-hybridized carbons (Fsp3) is 0.562. The molecule has 7 heteroatoms. The highest BCUT2D eigenvalue weighted by Crippen LogP contribution is 2.49. The van der Waals surface area contributed by atoms with Gasteiger partial charge in [0.15, 0.2) is 0 Å². The van der Waals surface area contributed by atoms with Crippen LogP contribution in [0.5, 0.6) is 0 Å². The van der Waals surface area contributed by atoms with E-state index in [1.807, 2.05) is 12.1 Å². The number of hydrogen-bond donors (Lipinski definition) is 0. The number of nitrogens with zero attached hydrogens (tertiary/aromatic N) is 2. The number of alkyl halides is 3. The smallest absolute Gasteiger partial charge is 0.289 e. The first-order valence-electron chi connectivity index (χ1n) is 7.54. The van der Waals surface area contributed by atoms with Gasteiger partial charge in [0.1, 0.15) is 0 Å². The Kier molecular flexibility index (Phi) is 4.64. The third kappa shape index (κ3) is 3.52. The van der Waals surface area contributed by atoms with Crippen molar-refractivity contribution in [1.82, 2.24) is 9.88 Å². The molecule has 2 aliphatic rings. The van der Waals surface area contributed by atoms with E-state index in [-0.39, 0.29) is 12.1 Å². The lowest BCUT2D eigenvalue weighted by molar-refractivity contribution is -0.156. The Morgan fingerprint density at radius 2 is 1.91 bits per heavy atom. The molecule has 2 saturated heterocycles. The number of hydrogen-bond acceptors (Lipinski definition) is 2. The highest BCUT2D eigenvalue weighted by molar-refractivity contribution is 6.30. The third-order valence-corrected chi connectivity index (χ3v) is 5.33. The minimum absolute atomic E-state index is 0.0952. The largest absolute Gasteiger partial charge is 0.401 e. The van der Waals surface area contributed by atoms with Crippen molar-refractivity contribution in [3.63, 3.8) is 0 Å². The number of pyridine rings is 1. The molecule has 2 atom stereocenters. The van der Waals surface area contributed by atoms with Crippen LogP contribution in [0, 0.1) is 0 Å². The van der Waals surface area contributed by atoms with Gasteiger partial charge in [0, 0.05) is 35.4 Å². The maximum Gasteiger partial charge on any atom is 0.401 e. The lowest BCUT2D eigenvalue weighted by Gasteiger charge is -2.45. The highest BCUT2D eigenvalue weighted by Gasteiger charge is 2.50. The Bertz CT molecular complexity index is 589. The molecule has 0 N–H and O–H groups in total. The fourth-order valence-corrected chi connectivity index (χ4v) is 4.53. The summed E-state index contributed by atoms with van der Waals surface area (Å²) in [4.78, 5) is 5.74. The minimum Gasteiger partial charge on any atom is -0.289 e. The predicted octanol–water partition coefficient (Wildman–Crippen LogP) is 4.91. The topological polar surface area (TPSA) is 16.1 Å². The van der Waals surface area contributed by atoms with Crippen LogP contribution in [0.15, 0.2) is 30.1 Å². The van der Waals surface area contributed by atoms with Gasteiger partial charge < -0.3 is 0 Å². The van der Waals surface area contributed by atoms with E-state index in [0.717, 1.165) is 18.4 Å². The molecule has 1 aromatic rings. The Morgan fingerprint density at radius 3 is 2.43 bits per heavy atom. The minimum atomic E-state index is -4.17. The molecule has 0 aromatic carbocycles. The second-order valence-electron chi connectivity index (χ2n) is 6.42. The number of piperidine rings is 1. The second-order valence-corrected chi connectivity index (χ2v) is 7.11. The summed E-state index contributed by atoms with van der Waals surface area (Å²) in [6.07, 6.45) is 3.78. The van der Waals surface area contributed by atoms with E-state index in [9.17, 15) is 13.2 Å². The van der Waals surface area contributed by atoms with E-state index in [2.05, 4.69) is 4.98 Å². The maximum atomic E-state index is 12.8. The van der Waals surface area contributed by atoms with Crippen molar-refractivity contribution in [1.29, 1.82) is 0 Å². The molecule has 3 rings (SSSR count).